The van der Waals surface area contributed by atoms with Crippen LogP contribution in [-0.2, 0) is 0 Å². The van der Waals surface area contributed by atoms with E-state index in [-0.39, 0.29) is 28.1 Å². The lowest BCUT2D eigenvalue weighted by molar-refractivity contribution is 0.0727. The maximum absolute atomic E-state index is 12.9. The van der Waals surface area contributed by atoms with Crippen molar-refractivity contribution in [1.29, 1.82) is 0 Å². The molecule has 0 unspecified atom stereocenters. The van der Waals surface area contributed by atoms with Crippen LogP contribution < -0.4 is 24.4 Å². The van der Waals surface area contributed by atoms with Crippen molar-refractivity contribution in [2.24, 2.45) is 0 Å². The molecule has 1 heterocycles. The summed E-state index contributed by atoms with van der Waals surface area (Å²) < 4.78 is 27.4. The molecule has 0 spiro atoms. The first-order valence-electron chi connectivity index (χ1n) is 10.1. The highest BCUT2D eigenvalue weighted by molar-refractivity contribution is 5.97. The van der Waals surface area contributed by atoms with Crippen molar-refractivity contribution < 1.29 is 28.2 Å². The number of aryl methyl sites for hydroxylation is 2. The molecule has 168 valence electrons. The van der Waals surface area contributed by atoms with E-state index in [1.54, 1.807) is 18.2 Å². The van der Waals surface area contributed by atoms with Crippen molar-refractivity contribution in [3.05, 3.63) is 87.8 Å². The standard InChI is InChI=1S/C26H22O7/c1-15-8-9-16(2)21(12-15)33-23-14-31-22-13-17(10-11-18(22)25(23)27)32-26(28)24-19(29-3)6-5-7-20(24)30-4/h5-14H,1-4H3. The average Bonchev–Trinajstić information content (AvgIpc) is 2.82. The zero-order chi connectivity index (χ0) is 23.5. The van der Waals surface area contributed by atoms with E-state index in [9.17, 15) is 9.59 Å². The molecule has 0 N–H and O–H groups in total. The minimum atomic E-state index is -0.666. The molecule has 0 saturated carbocycles. The van der Waals surface area contributed by atoms with Crippen LogP contribution in [0.5, 0.6) is 28.7 Å². The van der Waals surface area contributed by atoms with Crippen molar-refractivity contribution in [3.63, 3.8) is 0 Å². The summed E-state index contributed by atoms with van der Waals surface area (Å²) in [5, 5.41) is 0.299. The lowest BCUT2D eigenvalue weighted by atomic mass is 10.1. The molecule has 33 heavy (non-hydrogen) atoms. The van der Waals surface area contributed by atoms with Crippen molar-refractivity contribution in [2.75, 3.05) is 14.2 Å². The topological polar surface area (TPSA) is 84.2 Å². The molecule has 0 aliphatic carbocycles. The molecule has 7 heteroatoms. The van der Waals surface area contributed by atoms with Crippen LogP contribution in [0.3, 0.4) is 0 Å². The van der Waals surface area contributed by atoms with E-state index in [2.05, 4.69) is 0 Å². The summed E-state index contributed by atoms with van der Waals surface area (Å²) in [7, 11) is 2.91. The van der Waals surface area contributed by atoms with Gasteiger partial charge in [0, 0.05) is 6.07 Å². The van der Waals surface area contributed by atoms with Crippen LogP contribution in [0, 0.1) is 13.8 Å². The molecule has 0 aliphatic rings. The van der Waals surface area contributed by atoms with Gasteiger partial charge in [-0.3, -0.25) is 4.79 Å². The lowest BCUT2D eigenvalue weighted by Gasteiger charge is -2.12. The molecule has 4 aromatic rings. The summed E-state index contributed by atoms with van der Waals surface area (Å²) in [6, 6.07) is 15.2. The van der Waals surface area contributed by atoms with Gasteiger partial charge in [-0.05, 0) is 55.3 Å². The Hall–Kier alpha value is -4.26. The molecule has 0 amide bonds. The van der Waals surface area contributed by atoms with E-state index in [1.807, 2.05) is 32.0 Å². The first-order valence-corrected chi connectivity index (χ1v) is 10.1. The Morgan fingerprint density at radius 1 is 0.848 bits per heavy atom. The van der Waals surface area contributed by atoms with Crippen LogP contribution in [0.4, 0.5) is 0 Å². The predicted octanol–water partition coefficient (Wildman–Crippen LogP) is 5.44. The number of carbonyl (C=O) groups is 1. The normalized spacial score (nSPS) is 10.7. The number of ether oxygens (including phenoxy) is 4. The Kier molecular flexibility index (Phi) is 6.04. The van der Waals surface area contributed by atoms with E-state index < -0.39 is 5.97 Å². The first-order chi connectivity index (χ1) is 15.9. The van der Waals surface area contributed by atoms with Crippen LogP contribution in [0.25, 0.3) is 11.0 Å². The van der Waals surface area contributed by atoms with Crippen LogP contribution in [-0.4, -0.2) is 20.2 Å². The fraction of sp³-hybridized carbons (Fsp3) is 0.154. The fourth-order valence-electron chi connectivity index (χ4n) is 3.37. The second-order valence-electron chi connectivity index (χ2n) is 7.39. The van der Waals surface area contributed by atoms with Gasteiger partial charge in [0.05, 0.1) is 19.6 Å². The third-order valence-electron chi connectivity index (χ3n) is 5.12. The Labute approximate surface area is 190 Å². The Balaban J connectivity index is 1.64. The van der Waals surface area contributed by atoms with Gasteiger partial charge in [-0.15, -0.1) is 0 Å². The highest BCUT2D eigenvalue weighted by atomic mass is 16.5. The monoisotopic (exact) mass is 446 g/mol. The smallest absolute Gasteiger partial charge is 0.351 e. The Bertz CT molecular complexity index is 1380. The van der Waals surface area contributed by atoms with E-state index in [4.69, 9.17) is 23.4 Å². The van der Waals surface area contributed by atoms with Crippen LogP contribution in [0.2, 0.25) is 0 Å². The lowest BCUT2D eigenvalue weighted by Crippen LogP contribution is -2.12. The van der Waals surface area contributed by atoms with Crippen LogP contribution in [0.1, 0.15) is 21.5 Å². The van der Waals surface area contributed by atoms with E-state index >= 15 is 0 Å². The van der Waals surface area contributed by atoms with Crippen molar-refractivity contribution in [3.8, 4) is 28.7 Å². The van der Waals surface area contributed by atoms with Gasteiger partial charge in [0.25, 0.3) is 0 Å². The maximum Gasteiger partial charge on any atom is 0.351 e. The van der Waals surface area contributed by atoms with Gasteiger partial charge >= 0.3 is 5.97 Å². The molecular formula is C26H22O7. The summed E-state index contributed by atoms with van der Waals surface area (Å²) >= 11 is 0. The molecule has 0 aliphatic heterocycles. The molecular weight excluding hydrogens is 424 g/mol. The van der Waals surface area contributed by atoms with Gasteiger partial charge in [-0.1, -0.05) is 18.2 Å². The summed E-state index contributed by atoms with van der Waals surface area (Å²) in [4.78, 5) is 25.7. The Morgan fingerprint density at radius 2 is 1.58 bits per heavy atom. The van der Waals surface area contributed by atoms with Gasteiger partial charge in [-0.2, -0.15) is 0 Å². The fourth-order valence-corrected chi connectivity index (χ4v) is 3.37. The third kappa shape index (κ3) is 4.39. The molecule has 4 rings (SSSR count). The molecule has 0 bridgehead atoms. The van der Waals surface area contributed by atoms with E-state index in [1.165, 1.54) is 38.7 Å². The van der Waals surface area contributed by atoms with Gasteiger partial charge < -0.3 is 23.4 Å². The largest absolute Gasteiger partial charge is 0.496 e. The SMILES string of the molecule is COc1cccc(OC)c1C(=O)Oc1ccc2c(=O)c(Oc3cc(C)ccc3C)coc2c1. The summed E-state index contributed by atoms with van der Waals surface area (Å²) in [5.74, 6) is 0.824. The van der Waals surface area contributed by atoms with E-state index in [0.717, 1.165) is 11.1 Å². The number of benzene rings is 3. The minimum Gasteiger partial charge on any atom is -0.496 e. The molecule has 0 saturated heterocycles. The summed E-state index contributed by atoms with van der Waals surface area (Å²) in [5.41, 5.74) is 1.99. The van der Waals surface area contributed by atoms with E-state index in [0.29, 0.717) is 22.6 Å². The highest BCUT2D eigenvalue weighted by Gasteiger charge is 2.21. The molecule has 0 fully saturated rings. The first kappa shape index (κ1) is 22.0. The quantitative estimate of drug-likeness (QED) is 0.288. The van der Waals surface area contributed by atoms with Crippen LogP contribution in [0.15, 0.2) is 70.1 Å². The maximum atomic E-state index is 12.9. The number of fused-ring (bicyclic) bond motifs is 1. The minimum absolute atomic E-state index is 0.0692. The number of hydrogen-bond acceptors (Lipinski definition) is 7. The molecule has 0 radical (unpaired) electrons. The van der Waals surface area contributed by atoms with Crippen molar-refractivity contribution >= 4 is 16.9 Å². The number of carbonyl (C=O) groups excluding carboxylic acids is 1. The predicted molar refractivity (Wildman–Crippen MR) is 123 cm³/mol. The second-order valence-corrected chi connectivity index (χ2v) is 7.39. The van der Waals surface area contributed by atoms with Crippen molar-refractivity contribution in [2.45, 2.75) is 13.8 Å². The number of hydrogen-bond donors (Lipinski definition) is 0. The van der Waals surface area contributed by atoms with Gasteiger partial charge in [-0.25, -0.2) is 4.79 Å². The Morgan fingerprint density at radius 3 is 2.27 bits per heavy atom. The van der Waals surface area contributed by atoms with Gasteiger partial charge in [0.1, 0.15) is 40.4 Å². The number of methoxy groups -OCH3 is 2. The average molecular weight is 446 g/mol. The highest BCUT2D eigenvalue weighted by Crippen LogP contribution is 2.31. The second kappa shape index (κ2) is 9.08. The number of esters is 1. The zero-order valence-corrected chi connectivity index (χ0v) is 18.6. The van der Waals surface area contributed by atoms with Crippen molar-refractivity contribution in [1.82, 2.24) is 0 Å². The number of rotatable bonds is 6. The third-order valence-corrected chi connectivity index (χ3v) is 5.12. The summed E-state index contributed by atoms with van der Waals surface area (Å²) in [6.45, 7) is 3.84. The zero-order valence-electron chi connectivity index (χ0n) is 18.6. The van der Waals surface area contributed by atoms with Gasteiger partial charge in [0.15, 0.2) is 0 Å². The molecule has 0 atom stereocenters. The molecule has 1 aromatic heterocycles. The van der Waals surface area contributed by atoms with Crippen LogP contribution >= 0.6 is 0 Å². The molecule has 3 aromatic carbocycles. The molecule has 7 nitrogen and oxygen atoms in total. The van der Waals surface area contributed by atoms with Gasteiger partial charge in [0.2, 0.25) is 11.2 Å². The summed E-state index contributed by atoms with van der Waals surface area (Å²) in [6.07, 6.45) is 1.25.